The maximum Gasteiger partial charge on any atom is 0.339 e. The second-order valence-corrected chi connectivity index (χ2v) is 3.48. The van der Waals surface area contributed by atoms with Gasteiger partial charge in [0.05, 0.1) is 5.69 Å². The quantitative estimate of drug-likeness (QED) is 0.867. The number of halogens is 1. The fourth-order valence-electron chi connectivity index (χ4n) is 1.35. The summed E-state index contributed by atoms with van der Waals surface area (Å²) in [5, 5.41) is 9.46. The third kappa shape index (κ3) is 1.87. The molecule has 0 aliphatic heterocycles. The van der Waals surface area contributed by atoms with Gasteiger partial charge >= 0.3 is 5.97 Å². The zero-order valence-corrected chi connectivity index (χ0v) is 8.85. The molecule has 5 heteroatoms. The maximum absolute atomic E-state index is 11.0. The molecule has 1 aromatic heterocycles. The van der Waals surface area contributed by atoms with Crippen LogP contribution in [0.15, 0.2) is 36.8 Å². The standard InChI is InChI=1S/C11H7ClN2O2/c12-9-4-2-1-3-7(9)10-8(11(15)16)5-13-6-14-10/h1-6H,(H,15,16). The molecule has 0 unspecified atom stereocenters. The fourth-order valence-corrected chi connectivity index (χ4v) is 1.58. The van der Waals surface area contributed by atoms with Gasteiger partial charge in [-0.2, -0.15) is 0 Å². The van der Waals surface area contributed by atoms with Crippen molar-refractivity contribution in [1.82, 2.24) is 9.97 Å². The molecule has 2 rings (SSSR count). The van der Waals surface area contributed by atoms with Gasteiger partial charge in [0.25, 0.3) is 0 Å². The van der Waals surface area contributed by atoms with E-state index in [1.54, 1.807) is 24.3 Å². The Bertz CT molecular complexity index is 543. The number of carbonyl (C=O) groups is 1. The monoisotopic (exact) mass is 234 g/mol. The lowest BCUT2D eigenvalue weighted by molar-refractivity contribution is 0.0697. The summed E-state index contributed by atoms with van der Waals surface area (Å²) in [5.74, 6) is -1.07. The van der Waals surface area contributed by atoms with Gasteiger partial charge in [0.15, 0.2) is 0 Å². The number of nitrogens with zero attached hydrogens (tertiary/aromatic N) is 2. The SMILES string of the molecule is O=C(O)c1cncnc1-c1ccccc1Cl. The van der Waals surface area contributed by atoms with Gasteiger partial charge in [0, 0.05) is 16.8 Å². The summed E-state index contributed by atoms with van der Waals surface area (Å²) in [7, 11) is 0. The minimum Gasteiger partial charge on any atom is -0.478 e. The van der Waals surface area contributed by atoms with Gasteiger partial charge in [-0.05, 0) is 6.07 Å². The Labute approximate surface area is 96.6 Å². The van der Waals surface area contributed by atoms with Gasteiger partial charge in [0.1, 0.15) is 11.9 Å². The summed E-state index contributed by atoms with van der Waals surface area (Å²) in [5.41, 5.74) is 0.952. The van der Waals surface area contributed by atoms with Crippen LogP contribution < -0.4 is 0 Å². The molecule has 1 aromatic carbocycles. The van der Waals surface area contributed by atoms with Crippen molar-refractivity contribution in [3.05, 3.63) is 47.4 Å². The van der Waals surface area contributed by atoms with Crippen molar-refractivity contribution in [3.8, 4) is 11.3 Å². The molecule has 0 fully saturated rings. The van der Waals surface area contributed by atoms with Gasteiger partial charge in [-0.25, -0.2) is 14.8 Å². The highest BCUT2D eigenvalue weighted by Crippen LogP contribution is 2.27. The van der Waals surface area contributed by atoms with Crippen molar-refractivity contribution in [3.63, 3.8) is 0 Å². The van der Waals surface area contributed by atoms with Crippen molar-refractivity contribution in [2.24, 2.45) is 0 Å². The van der Waals surface area contributed by atoms with Crippen LogP contribution in [0.2, 0.25) is 5.02 Å². The Kier molecular flexibility index (Phi) is 2.83. The number of aromatic carboxylic acids is 1. The van der Waals surface area contributed by atoms with Gasteiger partial charge in [-0.15, -0.1) is 0 Å². The third-order valence-electron chi connectivity index (χ3n) is 2.07. The van der Waals surface area contributed by atoms with E-state index in [1.807, 2.05) is 0 Å². The van der Waals surface area contributed by atoms with E-state index >= 15 is 0 Å². The Morgan fingerprint density at radius 3 is 2.75 bits per heavy atom. The predicted octanol–water partition coefficient (Wildman–Crippen LogP) is 2.50. The molecule has 2 aromatic rings. The average Bonchev–Trinajstić information content (AvgIpc) is 2.29. The largest absolute Gasteiger partial charge is 0.478 e. The van der Waals surface area contributed by atoms with Gasteiger partial charge in [0.2, 0.25) is 0 Å². The first-order valence-electron chi connectivity index (χ1n) is 4.48. The molecule has 0 spiro atoms. The van der Waals surface area contributed by atoms with Crippen LogP contribution in [0, 0.1) is 0 Å². The molecular weight excluding hydrogens is 228 g/mol. The second-order valence-electron chi connectivity index (χ2n) is 3.07. The van der Waals surface area contributed by atoms with E-state index in [0.717, 1.165) is 0 Å². The summed E-state index contributed by atoms with van der Waals surface area (Å²) < 4.78 is 0. The summed E-state index contributed by atoms with van der Waals surface area (Å²) in [6.45, 7) is 0. The zero-order valence-electron chi connectivity index (χ0n) is 8.09. The lowest BCUT2D eigenvalue weighted by atomic mass is 10.1. The highest BCUT2D eigenvalue weighted by molar-refractivity contribution is 6.33. The second kappa shape index (κ2) is 4.28. The van der Waals surface area contributed by atoms with Crippen LogP contribution in [0.3, 0.4) is 0 Å². The highest BCUT2D eigenvalue weighted by Gasteiger charge is 2.14. The lowest BCUT2D eigenvalue weighted by Crippen LogP contribution is -2.02. The number of carboxylic acid groups (broad SMARTS) is 1. The van der Waals surface area contributed by atoms with Crippen molar-refractivity contribution >= 4 is 17.6 Å². The minimum atomic E-state index is -1.07. The number of carboxylic acids is 1. The molecular formula is C11H7ClN2O2. The normalized spacial score (nSPS) is 10.1. The predicted molar refractivity (Wildman–Crippen MR) is 59.4 cm³/mol. The van der Waals surface area contributed by atoms with Crippen LogP contribution >= 0.6 is 11.6 Å². The van der Waals surface area contributed by atoms with Gasteiger partial charge in [-0.3, -0.25) is 0 Å². The Morgan fingerprint density at radius 2 is 2.06 bits per heavy atom. The van der Waals surface area contributed by atoms with Crippen molar-refractivity contribution in [2.45, 2.75) is 0 Å². The lowest BCUT2D eigenvalue weighted by Gasteiger charge is -2.05. The van der Waals surface area contributed by atoms with Gasteiger partial charge < -0.3 is 5.11 Å². The molecule has 1 N–H and O–H groups in total. The number of rotatable bonds is 2. The van der Waals surface area contributed by atoms with E-state index in [0.29, 0.717) is 16.3 Å². The van der Waals surface area contributed by atoms with Crippen LogP contribution in [-0.2, 0) is 0 Å². The molecule has 0 amide bonds. The van der Waals surface area contributed by atoms with Crippen molar-refractivity contribution < 1.29 is 9.90 Å². The molecule has 0 aliphatic rings. The number of benzene rings is 1. The van der Waals surface area contributed by atoms with E-state index in [2.05, 4.69) is 9.97 Å². The first-order chi connectivity index (χ1) is 7.70. The molecule has 0 aliphatic carbocycles. The molecule has 0 bridgehead atoms. The first kappa shape index (κ1) is 10.6. The number of hydrogen-bond donors (Lipinski definition) is 1. The van der Waals surface area contributed by atoms with Gasteiger partial charge in [-0.1, -0.05) is 29.8 Å². The van der Waals surface area contributed by atoms with Crippen molar-refractivity contribution in [1.29, 1.82) is 0 Å². The van der Waals surface area contributed by atoms with Crippen LogP contribution in [0.4, 0.5) is 0 Å². The molecule has 0 radical (unpaired) electrons. The molecule has 16 heavy (non-hydrogen) atoms. The van der Waals surface area contributed by atoms with Crippen LogP contribution in [-0.4, -0.2) is 21.0 Å². The third-order valence-corrected chi connectivity index (χ3v) is 2.40. The topological polar surface area (TPSA) is 63.1 Å². The summed E-state index contributed by atoms with van der Waals surface area (Å²) in [6.07, 6.45) is 2.55. The average molecular weight is 235 g/mol. The fraction of sp³-hybridized carbons (Fsp3) is 0. The van der Waals surface area contributed by atoms with Crippen molar-refractivity contribution in [2.75, 3.05) is 0 Å². The van der Waals surface area contributed by atoms with Crippen LogP contribution in [0.1, 0.15) is 10.4 Å². The molecule has 0 atom stereocenters. The van der Waals surface area contributed by atoms with E-state index in [-0.39, 0.29) is 5.56 Å². The summed E-state index contributed by atoms with van der Waals surface area (Å²) in [6, 6.07) is 6.95. The maximum atomic E-state index is 11.0. The van der Waals surface area contributed by atoms with Crippen LogP contribution in [0.25, 0.3) is 11.3 Å². The van der Waals surface area contributed by atoms with E-state index in [1.165, 1.54) is 12.5 Å². The smallest absolute Gasteiger partial charge is 0.339 e. The summed E-state index contributed by atoms with van der Waals surface area (Å²) >= 11 is 5.98. The molecule has 4 nitrogen and oxygen atoms in total. The molecule has 0 saturated carbocycles. The van der Waals surface area contributed by atoms with E-state index in [4.69, 9.17) is 16.7 Å². The Hall–Kier alpha value is -1.94. The molecule has 80 valence electrons. The zero-order chi connectivity index (χ0) is 11.5. The molecule has 1 heterocycles. The number of hydrogen-bond acceptors (Lipinski definition) is 3. The first-order valence-corrected chi connectivity index (χ1v) is 4.86. The van der Waals surface area contributed by atoms with E-state index in [9.17, 15) is 4.79 Å². The molecule has 0 saturated heterocycles. The van der Waals surface area contributed by atoms with Crippen LogP contribution in [0.5, 0.6) is 0 Å². The Morgan fingerprint density at radius 1 is 1.31 bits per heavy atom. The number of aromatic nitrogens is 2. The van der Waals surface area contributed by atoms with E-state index < -0.39 is 5.97 Å². The minimum absolute atomic E-state index is 0.0376. The summed E-state index contributed by atoms with van der Waals surface area (Å²) in [4.78, 5) is 18.6. The highest BCUT2D eigenvalue weighted by atomic mass is 35.5. The Balaban J connectivity index is 2.65.